The monoisotopic (exact) mass is 522 g/mol. The van der Waals surface area contributed by atoms with Crippen LogP contribution in [0.25, 0.3) is 0 Å². The molecule has 0 aliphatic carbocycles. The molecule has 0 amide bonds. The molecule has 34 heavy (non-hydrogen) atoms. The maximum absolute atomic E-state index is 10.6. The number of alkyl halides is 6. The summed E-state index contributed by atoms with van der Waals surface area (Å²) in [5.41, 5.74) is 0.149. The van der Waals surface area contributed by atoms with E-state index in [2.05, 4.69) is 41.4 Å². The minimum absolute atomic E-state index is 0.149. The van der Waals surface area contributed by atoms with Crippen LogP contribution in [-0.4, -0.2) is 89.7 Å². The topological polar surface area (TPSA) is 90.3 Å². The fourth-order valence-electron chi connectivity index (χ4n) is 3.64. The van der Waals surface area contributed by atoms with Gasteiger partial charge in [-0.25, -0.2) is 9.59 Å². The summed E-state index contributed by atoms with van der Waals surface area (Å²) in [6.07, 6.45) is -4.73. The zero-order valence-corrected chi connectivity index (χ0v) is 19.5. The van der Waals surface area contributed by atoms with Crippen molar-refractivity contribution in [3.63, 3.8) is 0 Å². The second-order valence-corrected chi connectivity index (χ2v) is 9.26. The molecular weight excluding hydrogens is 494 g/mol. The Kier molecular flexibility index (Phi) is 11.3. The molecule has 2 fully saturated rings. The Morgan fingerprint density at radius 3 is 2.15 bits per heavy atom. The molecule has 14 heteroatoms. The fourth-order valence-corrected chi connectivity index (χ4v) is 4.39. The largest absolute Gasteiger partial charge is 0.490 e. The van der Waals surface area contributed by atoms with Crippen molar-refractivity contribution < 1.29 is 50.9 Å². The van der Waals surface area contributed by atoms with Crippen LogP contribution in [0.2, 0.25) is 0 Å². The van der Waals surface area contributed by atoms with Crippen molar-refractivity contribution in [1.29, 1.82) is 0 Å². The molecule has 196 valence electrons. The van der Waals surface area contributed by atoms with E-state index in [-0.39, 0.29) is 5.60 Å². The molecule has 0 unspecified atom stereocenters. The number of carboxylic acids is 2. The number of carboxylic acid groups (broad SMARTS) is 2. The maximum atomic E-state index is 10.6. The summed E-state index contributed by atoms with van der Waals surface area (Å²) in [7, 11) is 4.28. The molecule has 2 saturated heterocycles. The number of thiophene rings is 1. The number of ether oxygens (including phenoxy) is 1. The summed E-state index contributed by atoms with van der Waals surface area (Å²) in [4.78, 5) is 24.1. The summed E-state index contributed by atoms with van der Waals surface area (Å²) < 4.78 is 70.0. The zero-order chi connectivity index (χ0) is 26.2. The van der Waals surface area contributed by atoms with E-state index in [1.54, 1.807) is 0 Å². The molecule has 0 radical (unpaired) electrons. The molecule has 1 aromatic heterocycles. The van der Waals surface area contributed by atoms with E-state index in [1.807, 2.05) is 11.3 Å². The van der Waals surface area contributed by atoms with Crippen LogP contribution in [0.3, 0.4) is 0 Å². The molecule has 2 atom stereocenters. The smallest absolute Gasteiger partial charge is 0.475 e. The number of aliphatic carboxylic acids is 2. The van der Waals surface area contributed by atoms with E-state index < -0.39 is 24.3 Å². The lowest BCUT2D eigenvalue weighted by Gasteiger charge is -2.39. The van der Waals surface area contributed by atoms with Gasteiger partial charge in [0.2, 0.25) is 0 Å². The van der Waals surface area contributed by atoms with Gasteiger partial charge in [-0.15, -0.1) is 11.3 Å². The molecule has 3 rings (SSSR count). The van der Waals surface area contributed by atoms with E-state index in [1.165, 1.54) is 37.1 Å². The van der Waals surface area contributed by atoms with Crippen molar-refractivity contribution >= 4 is 23.3 Å². The Morgan fingerprint density at radius 2 is 1.71 bits per heavy atom. The summed E-state index contributed by atoms with van der Waals surface area (Å²) in [6, 6.07) is 4.39. The van der Waals surface area contributed by atoms with E-state index in [9.17, 15) is 26.3 Å². The van der Waals surface area contributed by atoms with Crippen molar-refractivity contribution in [2.45, 2.75) is 56.3 Å². The molecule has 1 aromatic rings. The van der Waals surface area contributed by atoms with Crippen molar-refractivity contribution in [2.75, 3.05) is 33.7 Å². The van der Waals surface area contributed by atoms with Gasteiger partial charge in [-0.2, -0.15) is 26.3 Å². The summed E-state index contributed by atoms with van der Waals surface area (Å²) in [5, 5.41) is 16.4. The first kappa shape index (κ1) is 30.1. The van der Waals surface area contributed by atoms with Crippen molar-refractivity contribution in [1.82, 2.24) is 9.80 Å². The molecule has 3 heterocycles. The molecular formula is C20H28F6N2O5S. The van der Waals surface area contributed by atoms with Gasteiger partial charge in [0.15, 0.2) is 0 Å². The van der Waals surface area contributed by atoms with Crippen molar-refractivity contribution in [3.05, 3.63) is 22.4 Å². The van der Waals surface area contributed by atoms with Gasteiger partial charge in [-0.1, -0.05) is 6.07 Å². The molecule has 2 N–H and O–H groups in total. The molecule has 2 aliphatic rings. The zero-order valence-electron chi connectivity index (χ0n) is 18.7. The highest BCUT2D eigenvalue weighted by molar-refractivity contribution is 7.09. The lowest BCUT2D eigenvalue weighted by Crippen LogP contribution is -2.45. The Balaban J connectivity index is 0.000000343. The van der Waals surface area contributed by atoms with Crippen LogP contribution in [0.15, 0.2) is 17.5 Å². The average molecular weight is 523 g/mol. The predicted octanol–water partition coefficient (Wildman–Crippen LogP) is 4.09. The lowest BCUT2D eigenvalue weighted by molar-refractivity contribution is -0.193. The molecule has 7 nitrogen and oxygen atoms in total. The highest BCUT2D eigenvalue weighted by Gasteiger charge is 2.43. The van der Waals surface area contributed by atoms with Crippen LogP contribution < -0.4 is 0 Å². The van der Waals surface area contributed by atoms with Gasteiger partial charge in [0.1, 0.15) is 0 Å². The molecule has 2 aliphatic heterocycles. The second-order valence-electron chi connectivity index (χ2n) is 8.22. The van der Waals surface area contributed by atoms with Crippen molar-refractivity contribution in [3.8, 4) is 0 Å². The predicted molar refractivity (Wildman–Crippen MR) is 112 cm³/mol. The fraction of sp³-hybridized carbons (Fsp3) is 0.700. The Bertz CT molecular complexity index is 748. The Hall–Kier alpha value is -1.90. The highest BCUT2D eigenvalue weighted by Crippen LogP contribution is 2.37. The van der Waals surface area contributed by atoms with E-state index in [0.29, 0.717) is 6.10 Å². The molecule has 0 aromatic carbocycles. The first-order valence-electron chi connectivity index (χ1n) is 10.2. The summed E-state index contributed by atoms with van der Waals surface area (Å²) >= 11 is 1.86. The lowest BCUT2D eigenvalue weighted by atomic mass is 9.90. The number of nitrogens with zero attached hydrogens (tertiary/aromatic N) is 2. The SMILES string of the molecule is CN(C)C[C@H]1CCC[C@]2(CCN(Cc3cccs3)C2)O1.O=C(O)C(F)(F)F.O=C(O)C(F)(F)F. The van der Waals surface area contributed by atoms with Crippen molar-refractivity contribution in [2.24, 2.45) is 0 Å². The van der Waals surface area contributed by atoms with E-state index in [0.717, 1.165) is 19.6 Å². The number of halogens is 6. The third kappa shape index (κ3) is 11.0. The summed E-state index contributed by atoms with van der Waals surface area (Å²) in [5.74, 6) is -5.51. The number of hydrogen-bond donors (Lipinski definition) is 2. The number of hydrogen-bond acceptors (Lipinski definition) is 6. The quantitative estimate of drug-likeness (QED) is 0.576. The normalized spacial score (nSPS) is 23.1. The highest BCUT2D eigenvalue weighted by atomic mass is 32.1. The van der Waals surface area contributed by atoms with Crippen LogP contribution in [0.4, 0.5) is 26.3 Å². The van der Waals surface area contributed by atoms with Gasteiger partial charge in [0, 0.05) is 31.1 Å². The summed E-state index contributed by atoms with van der Waals surface area (Å²) in [6.45, 7) is 4.47. The van der Waals surface area contributed by atoms with Gasteiger partial charge in [0.25, 0.3) is 0 Å². The standard InChI is InChI=1S/C16H26N2OS.2C2HF3O2/c1-17(2)11-14-5-3-7-16(19-14)8-9-18(13-16)12-15-6-4-10-20-15;2*3-2(4,5)1(6)7/h4,6,10,14H,3,5,7-9,11-13H2,1-2H3;2*(H,6,7)/t14-,16-;;/m1../s1. The molecule has 1 spiro atoms. The van der Waals surface area contributed by atoms with Gasteiger partial charge < -0.3 is 19.8 Å². The first-order chi connectivity index (χ1) is 15.5. The first-order valence-corrected chi connectivity index (χ1v) is 11.1. The average Bonchev–Trinajstić information content (AvgIpc) is 3.31. The van der Waals surface area contributed by atoms with Gasteiger partial charge in [-0.3, -0.25) is 4.90 Å². The van der Waals surface area contributed by atoms with E-state index in [4.69, 9.17) is 24.5 Å². The van der Waals surface area contributed by atoms with Crippen LogP contribution in [0.1, 0.15) is 30.6 Å². The Labute approximate surface area is 196 Å². The van der Waals surface area contributed by atoms with Crippen LogP contribution in [0, 0.1) is 0 Å². The van der Waals surface area contributed by atoms with Gasteiger partial charge >= 0.3 is 24.3 Å². The van der Waals surface area contributed by atoms with Crippen LogP contribution in [0.5, 0.6) is 0 Å². The molecule has 0 bridgehead atoms. The maximum Gasteiger partial charge on any atom is 0.490 e. The Morgan fingerprint density at radius 1 is 1.15 bits per heavy atom. The van der Waals surface area contributed by atoms with E-state index >= 15 is 0 Å². The van der Waals surface area contributed by atoms with Gasteiger partial charge in [-0.05, 0) is 51.2 Å². The molecule has 0 saturated carbocycles. The number of likely N-dealkylation sites (tertiary alicyclic amines) is 1. The van der Waals surface area contributed by atoms with Crippen LogP contribution >= 0.6 is 11.3 Å². The number of carbonyl (C=O) groups is 2. The second kappa shape index (κ2) is 12.7. The minimum Gasteiger partial charge on any atom is -0.475 e. The van der Waals surface area contributed by atoms with Gasteiger partial charge in [0.05, 0.1) is 11.7 Å². The number of likely N-dealkylation sites (N-methyl/N-ethyl adjacent to an activating group) is 1. The van der Waals surface area contributed by atoms with Crippen LogP contribution in [-0.2, 0) is 20.9 Å². The third-order valence-corrected chi connectivity index (χ3v) is 5.85. The minimum atomic E-state index is -5.08. The number of rotatable bonds is 4. The third-order valence-electron chi connectivity index (χ3n) is 4.98.